The van der Waals surface area contributed by atoms with Crippen LogP contribution in [0.2, 0.25) is 0 Å². The van der Waals surface area contributed by atoms with Crippen molar-refractivity contribution in [3.05, 3.63) is 29.1 Å². The van der Waals surface area contributed by atoms with Crippen molar-refractivity contribution in [1.29, 1.82) is 0 Å². The first-order chi connectivity index (χ1) is 9.86. The molecule has 118 valence electrons. The lowest BCUT2D eigenvalue weighted by molar-refractivity contribution is -0.139. The molecule has 0 aromatic heterocycles. The maximum atomic E-state index is 13.6. The van der Waals surface area contributed by atoms with Gasteiger partial charge in [0.2, 0.25) is 0 Å². The molecule has 0 aliphatic carbocycles. The monoisotopic (exact) mass is 306 g/mol. The topological polar surface area (TPSA) is 35.5 Å². The second-order valence-corrected chi connectivity index (χ2v) is 5.07. The van der Waals surface area contributed by atoms with E-state index in [4.69, 9.17) is 0 Å². The Hall–Kier alpha value is -1.34. The Morgan fingerprint density at radius 1 is 1.29 bits per heavy atom. The maximum Gasteiger partial charge on any atom is 0.416 e. The van der Waals surface area contributed by atoms with E-state index in [-0.39, 0.29) is 5.56 Å². The molecule has 7 heteroatoms. The van der Waals surface area contributed by atoms with Gasteiger partial charge in [0, 0.05) is 37.8 Å². The molecule has 0 amide bonds. The van der Waals surface area contributed by atoms with Crippen LogP contribution in [0, 0.1) is 5.82 Å². The summed E-state index contributed by atoms with van der Waals surface area (Å²) in [6.45, 7) is 4.18. The van der Waals surface area contributed by atoms with Gasteiger partial charge in [0.25, 0.3) is 0 Å². The molecule has 1 atom stereocenters. The first-order valence-corrected chi connectivity index (χ1v) is 6.89. The predicted molar refractivity (Wildman–Crippen MR) is 70.5 cm³/mol. The van der Waals surface area contributed by atoms with Crippen molar-refractivity contribution >= 4 is 0 Å². The number of nitrogens with one attached hydrogen (secondary N) is 1. The van der Waals surface area contributed by atoms with Crippen molar-refractivity contribution in [2.45, 2.75) is 25.6 Å². The van der Waals surface area contributed by atoms with Gasteiger partial charge in [0.1, 0.15) is 0 Å². The molecule has 0 unspecified atom stereocenters. The average Bonchev–Trinajstić information content (AvgIpc) is 2.44. The summed E-state index contributed by atoms with van der Waals surface area (Å²) >= 11 is 0. The van der Waals surface area contributed by atoms with Crippen LogP contribution in [0.25, 0.3) is 0 Å². The van der Waals surface area contributed by atoms with Crippen LogP contribution in [0.1, 0.15) is 30.5 Å². The lowest BCUT2D eigenvalue weighted by Crippen LogP contribution is -2.45. The standard InChI is InChI=1S/C14H18F4N2O/c1-2-11(20-7-5-19-6-8-20)12-9(14(16,17)18)3-4-10(15)13(12)21/h3-4,11,19,21H,2,5-8H2,1H3/t11-/m0/s1. The van der Waals surface area contributed by atoms with E-state index in [1.54, 1.807) is 6.92 Å². The number of rotatable bonds is 3. The molecule has 2 rings (SSSR count). The average molecular weight is 306 g/mol. The summed E-state index contributed by atoms with van der Waals surface area (Å²) in [4.78, 5) is 1.85. The van der Waals surface area contributed by atoms with E-state index in [1.807, 2.05) is 4.90 Å². The van der Waals surface area contributed by atoms with Gasteiger partial charge in [0.15, 0.2) is 11.6 Å². The minimum atomic E-state index is -4.62. The van der Waals surface area contributed by atoms with Gasteiger partial charge in [-0.05, 0) is 18.6 Å². The fourth-order valence-electron chi connectivity index (χ4n) is 2.80. The van der Waals surface area contributed by atoms with E-state index < -0.39 is 29.3 Å². The molecule has 1 aliphatic rings. The number of hydrogen-bond donors (Lipinski definition) is 2. The Bertz CT molecular complexity index is 498. The molecule has 1 aromatic carbocycles. The van der Waals surface area contributed by atoms with Gasteiger partial charge in [0.05, 0.1) is 5.56 Å². The second-order valence-electron chi connectivity index (χ2n) is 5.07. The highest BCUT2D eigenvalue weighted by molar-refractivity contribution is 5.44. The smallest absolute Gasteiger partial charge is 0.416 e. The summed E-state index contributed by atoms with van der Waals surface area (Å²) in [5, 5.41) is 13.0. The van der Waals surface area contributed by atoms with Gasteiger partial charge in [-0.1, -0.05) is 6.92 Å². The van der Waals surface area contributed by atoms with Crippen molar-refractivity contribution in [3.63, 3.8) is 0 Å². The normalized spacial score (nSPS) is 18.7. The number of benzene rings is 1. The van der Waals surface area contributed by atoms with Gasteiger partial charge in [-0.3, -0.25) is 4.90 Å². The Morgan fingerprint density at radius 3 is 2.43 bits per heavy atom. The summed E-state index contributed by atoms with van der Waals surface area (Å²) in [7, 11) is 0. The van der Waals surface area contributed by atoms with Crippen molar-refractivity contribution in [2.75, 3.05) is 26.2 Å². The minimum absolute atomic E-state index is 0.355. The molecule has 1 aliphatic heterocycles. The third-order valence-corrected chi connectivity index (χ3v) is 3.79. The number of piperazine rings is 1. The molecule has 0 radical (unpaired) electrons. The molecular formula is C14H18F4N2O. The second kappa shape index (κ2) is 6.19. The highest BCUT2D eigenvalue weighted by atomic mass is 19.4. The summed E-state index contributed by atoms with van der Waals surface area (Å²) in [5.41, 5.74) is -1.32. The highest BCUT2D eigenvalue weighted by Crippen LogP contribution is 2.42. The number of phenols is 1. The molecular weight excluding hydrogens is 288 g/mol. The van der Waals surface area contributed by atoms with Crippen LogP contribution in [0.5, 0.6) is 5.75 Å². The lowest BCUT2D eigenvalue weighted by atomic mass is 9.94. The molecule has 1 saturated heterocycles. The summed E-state index contributed by atoms with van der Waals surface area (Å²) in [6, 6.07) is 0.709. The zero-order valence-corrected chi connectivity index (χ0v) is 11.7. The van der Waals surface area contributed by atoms with E-state index in [0.29, 0.717) is 44.7 Å². The third-order valence-electron chi connectivity index (χ3n) is 3.79. The molecule has 2 N–H and O–H groups in total. The number of halogens is 4. The highest BCUT2D eigenvalue weighted by Gasteiger charge is 2.38. The minimum Gasteiger partial charge on any atom is -0.505 e. The summed E-state index contributed by atoms with van der Waals surface area (Å²) in [6.07, 6.45) is -4.26. The van der Waals surface area contributed by atoms with Crippen LogP contribution < -0.4 is 5.32 Å². The molecule has 1 fully saturated rings. The van der Waals surface area contributed by atoms with Gasteiger partial charge < -0.3 is 10.4 Å². The van der Waals surface area contributed by atoms with Crippen LogP contribution in [0.15, 0.2) is 12.1 Å². The van der Waals surface area contributed by atoms with Gasteiger partial charge >= 0.3 is 6.18 Å². The van der Waals surface area contributed by atoms with Gasteiger partial charge in [-0.25, -0.2) is 4.39 Å². The summed E-state index contributed by atoms with van der Waals surface area (Å²) < 4.78 is 53.0. The van der Waals surface area contributed by atoms with Crippen molar-refractivity contribution in [1.82, 2.24) is 10.2 Å². The largest absolute Gasteiger partial charge is 0.505 e. The third kappa shape index (κ3) is 3.29. The Morgan fingerprint density at radius 2 is 1.90 bits per heavy atom. The SMILES string of the molecule is CC[C@@H](c1c(C(F)(F)F)ccc(F)c1O)N1CCNCC1. The van der Waals surface area contributed by atoms with Crippen molar-refractivity contribution in [2.24, 2.45) is 0 Å². The first kappa shape index (κ1) is 16.0. The number of hydrogen-bond acceptors (Lipinski definition) is 3. The number of aromatic hydroxyl groups is 1. The molecule has 3 nitrogen and oxygen atoms in total. The summed E-state index contributed by atoms with van der Waals surface area (Å²) in [5.74, 6) is -1.92. The fraction of sp³-hybridized carbons (Fsp3) is 0.571. The lowest BCUT2D eigenvalue weighted by Gasteiger charge is -2.36. The molecule has 21 heavy (non-hydrogen) atoms. The van der Waals surface area contributed by atoms with E-state index in [2.05, 4.69) is 5.32 Å². The van der Waals surface area contributed by atoms with E-state index in [9.17, 15) is 22.7 Å². The zero-order chi connectivity index (χ0) is 15.6. The van der Waals surface area contributed by atoms with E-state index in [1.165, 1.54) is 0 Å². The molecule has 0 bridgehead atoms. The van der Waals surface area contributed by atoms with Gasteiger partial charge in [-0.2, -0.15) is 13.2 Å². The Kier molecular flexibility index (Phi) is 4.73. The number of alkyl halides is 3. The van der Waals surface area contributed by atoms with Crippen molar-refractivity contribution in [3.8, 4) is 5.75 Å². The van der Waals surface area contributed by atoms with Crippen LogP contribution in [-0.4, -0.2) is 36.2 Å². The molecule has 1 aromatic rings. The molecule has 1 heterocycles. The first-order valence-electron chi connectivity index (χ1n) is 6.89. The quantitative estimate of drug-likeness (QED) is 0.843. The number of phenolic OH excluding ortho intramolecular Hbond substituents is 1. The number of nitrogens with zero attached hydrogens (tertiary/aromatic N) is 1. The maximum absolute atomic E-state index is 13.6. The van der Waals surface area contributed by atoms with Crippen LogP contribution in [0.4, 0.5) is 17.6 Å². The van der Waals surface area contributed by atoms with Crippen LogP contribution in [-0.2, 0) is 6.18 Å². The fourth-order valence-corrected chi connectivity index (χ4v) is 2.80. The predicted octanol–water partition coefficient (Wildman–Crippen LogP) is 2.91. The van der Waals surface area contributed by atoms with Crippen LogP contribution >= 0.6 is 0 Å². The van der Waals surface area contributed by atoms with Gasteiger partial charge in [-0.15, -0.1) is 0 Å². The van der Waals surface area contributed by atoms with E-state index in [0.717, 1.165) is 0 Å². The van der Waals surface area contributed by atoms with Crippen LogP contribution in [0.3, 0.4) is 0 Å². The van der Waals surface area contributed by atoms with Crippen molar-refractivity contribution < 1.29 is 22.7 Å². The Balaban J connectivity index is 2.50. The zero-order valence-electron chi connectivity index (χ0n) is 11.7. The van der Waals surface area contributed by atoms with E-state index >= 15 is 0 Å². The molecule has 0 saturated carbocycles. The Labute approximate surface area is 120 Å². The molecule has 0 spiro atoms.